The molecule has 2 aromatic rings. The normalized spacial score (nSPS) is 16.4. The van der Waals surface area contributed by atoms with E-state index < -0.39 is 11.9 Å². The van der Waals surface area contributed by atoms with Gasteiger partial charge in [-0.05, 0) is 43.0 Å². The van der Waals surface area contributed by atoms with Crippen LogP contribution in [0.3, 0.4) is 0 Å². The summed E-state index contributed by atoms with van der Waals surface area (Å²) < 4.78 is 10.4. The molecule has 2 atom stereocenters. The van der Waals surface area contributed by atoms with E-state index in [2.05, 4.69) is 15.6 Å². The maximum absolute atomic E-state index is 13.0. The van der Waals surface area contributed by atoms with Gasteiger partial charge in [0, 0.05) is 24.7 Å². The molecule has 0 spiro atoms. The van der Waals surface area contributed by atoms with Gasteiger partial charge in [0.25, 0.3) is 5.91 Å². The van der Waals surface area contributed by atoms with E-state index in [-0.39, 0.29) is 23.7 Å². The lowest BCUT2D eigenvalue weighted by Gasteiger charge is -2.32. The molecule has 2 heterocycles. The molecule has 4 N–H and O–H groups in total. The highest BCUT2D eigenvalue weighted by molar-refractivity contribution is 6.01. The molecule has 0 bridgehead atoms. The van der Waals surface area contributed by atoms with Gasteiger partial charge in [0.2, 0.25) is 11.8 Å². The predicted molar refractivity (Wildman–Crippen MR) is 133 cm³/mol. The zero-order chi connectivity index (χ0) is 25.5. The highest BCUT2D eigenvalue weighted by Crippen LogP contribution is 2.24. The first-order chi connectivity index (χ1) is 16.7. The van der Waals surface area contributed by atoms with Gasteiger partial charge in [-0.1, -0.05) is 13.8 Å². The van der Waals surface area contributed by atoms with Gasteiger partial charge >= 0.3 is 0 Å². The molecule has 35 heavy (non-hydrogen) atoms. The zero-order valence-electron chi connectivity index (χ0n) is 20.5. The highest BCUT2D eigenvalue weighted by Gasteiger charge is 2.27. The SMILES string of the molecule is COc1cc(OC)cc(C(=O)NC(C(=O)Nc2ccc(N3CCCC(C(N)=O)C3)nc2)C(C)C)c1. The van der Waals surface area contributed by atoms with E-state index in [0.29, 0.717) is 29.3 Å². The number of hydrogen-bond donors (Lipinski definition) is 3. The number of hydrogen-bond acceptors (Lipinski definition) is 7. The van der Waals surface area contributed by atoms with E-state index in [0.717, 1.165) is 25.2 Å². The van der Waals surface area contributed by atoms with Crippen molar-refractivity contribution in [1.29, 1.82) is 0 Å². The number of carbonyl (C=O) groups excluding carboxylic acids is 3. The van der Waals surface area contributed by atoms with Crippen molar-refractivity contribution >= 4 is 29.2 Å². The number of anilines is 2. The summed E-state index contributed by atoms with van der Waals surface area (Å²) >= 11 is 0. The Morgan fingerprint density at radius 2 is 1.80 bits per heavy atom. The summed E-state index contributed by atoms with van der Waals surface area (Å²) in [6.45, 7) is 5.02. The quantitative estimate of drug-likeness (QED) is 0.497. The number of aromatic nitrogens is 1. The Labute approximate surface area is 205 Å². The average molecular weight is 484 g/mol. The molecule has 10 nitrogen and oxygen atoms in total. The second kappa shape index (κ2) is 11.5. The van der Waals surface area contributed by atoms with E-state index in [1.807, 2.05) is 18.7 Å². The molecule has 188 valence electrons. The molecule has 1 saturated heterocycles. The standard InChI is InChI=1S/C25H33N5O5/c1-15(2)22(29-24(32)17-10-19(34-3)12-20(11-17)35-4)25(33)28-18-7-8-21(27-13-18)30-9-5-6-16(14-30)23(26)31/h7-8,10-13,15-16,22H,5-6,9,14H2,1-4H3,(H2,26,31)(H,28,33)(H,29,32). The van der Waals surface area contributed by atoms with Crippen molar-refractivity contribution in [2.24, 2.45) is 17.6 Å². The molecule has 0 saturated carbocycles. The van der Waals surface area contributed by atoms with Gasteiger partial charge in [-0.25, -0.2) is 4.98 Å². The minimum atomic E-state index is -0.780. The number of methoxy groups -OCH3 is 2. The van der Waals surface area contributed by atoms with Crippen LogP contribution in [0.1, 0.15) is 37.0 Å². The highest BCUT2D eigenvalue weighted by atomic mass is 16.5. The molecule has 1 aliphatic rings. The van der Waals surface area contributed by atoms with Crippen LogP contribution >= 0.6 is 0 Å². The lowest BCUT2D eigenvalue weighted by Crippen LogP contribution is -2.47. The third kappa shape index (κ3) is 6.62. The molecule has 2 unspecified atom stereocenters. The third-order valence-electron chi connectivity index (χ3n) is 6.01. The lowest BCUT2D eigenvalue weighted by molar-refractivity contribution is -0.122. The second-order valence-electron chi connectivity index (χ2n) is 8.88. The van der Waals surface area contributed by atoms with Crippen molar-refractivity contribution in [3.05, 3.63) is 42.1 Å². The minimum Gasteiger partial charge on any atom is -0.497 e. The van der Waals surface area contributed by atoms with Crippen LogP contribution in [0.5, 0.6) is 11.5 Å². The van der Waals surface area contributed by atoms with Crippen LogP contribution in [-0.4, -0.2) is 56.1 Å². The summed E-state index contributed by atoms with van der Waals surface area (Å²) in [6, 6.07) is 7.60. The molecule has 1 aromatic carbocycles. The van der Waals surface area contributed by atoms with Crippen molar-refractivity contribution in [3.63, 3.8) is 0 Å². The number of nitrogens with one attached hydrogen (secondary N) is 2. The number of nitrogens with zero attached hydrogens (tertiary/aromatic N) is 2. The molecule has 0 radical (unpaired) electrons. The molecule has 3 amide bonds. The summed E-state index contributed by atoms with van der Waals surface area (Å²) in [7, 11) is 3.00. The first-order valence-electron chi connectivity index (χ1n) is 11.6. The van der Waals surface area contributed by atoms with Gasteiger partial charge in [-0.15, -0.1) is 0 Å². The number of pyridine rings is 1. The van der Waals surface area contributed by atoms with Gasteiger partial charge in [0.15, 0.2) is 0 Å². The third-order valence-corrected chi connectivity index (χ3v) is 6.01. The second-order valence-corrected chi connectivity index (χ2v) is 8.88. The molecule has 1 aliphatic heterocycles. The molecular formula is C25H33N5O5. The van der Waals surface area contributed by atoms with Crippen LogP contribution in [-0.2, 0) is 9.59 Å². The molecular weight excluding hydrogens is 450 g/mol. The van der Waals surface area contributed by atoms with Crippen LogP contribution in [0.15, 0.2) is 36.5 Å². The van der Waals surface area contributed by atoms with E-state index >= 15 is 0 Å². The van der Waals surface area contributed by atoms with E-state index in [1.54, 1.807) is 36.5 Å². The number of primary amides is 1. The minimum absolute atomic E-state index is 0.169. The van der Waals surface area contributed by atoms with Crippen LogP contribution < -0.4 is 30.7 Å². The smallest absolute Gasteiger partial charge is 0.252 e. The van der Waals surface area contributed by atoms with Crippen LogP contribution in [0.4, 0.5) is 11.5 Å². The largest absolute Gasteiger partial charge is 0.497 e. The van der Waals surface area contributed by atoms with Gasteiger partial charge in [0.1, 0.15) is 23.4 Å². The number of amides is 3. The molecule has 0 aliphatic carbocycles. The van der Waals surface area contributed by atoms with Gasteiger partial charge in [-0.2, -0.15) is 0 Å². The Bertz CT molecular complexity index is 1030. The van der Waals surface area contributed by atoms with Gasteiger partial charge in [0.05, 0.1) is 32.0 Å². The summed E-state index contributed by atoms with van der Waals surface area (Å²) in [4.78, 5) is 43.9. The summed E-state index contributed by atoms with van der Waals surface area (Å²) in [5.74, 6) is 0.234. The maximum atomic E-state index is 13.0. The van der Waals surface area contributed by atoms with E-state index in [4.69, 9.17) is 15.2 Å². The predicted octanol–water partition coefficient (Wildman–Crippen LogP) is 2.19. The van der Waals surface area contributed by atoms with Gasteiger partial charge < -0.3 is 30.7 Å². The fraction of sp³-hybridized carbons (Fsp3) is 0.440. The Morgan fingerprint density at radius 3 is 2.34 bits per heavy atom. The van der Waals surface area contributed by atoms with E-state index in [1.165, 1.54) is 14.2 Å². The van der Waals surface area contributed by atoms with Gasteiger partial charge in [-0.3, -0.25) is 14.4 Å². The number of ether oxygens (including phenoxy) is 2. The number of benzene rings is 1. The van der Waals surface area contributed by atoms with Crippen molar-refractivity contribution < 1.29 is 23.9 Å². The van der Waals surface area contributed by atoms with Crippen molar-refractivity contribution in [3.8, 4) is 11.5 Å². The Morgan fingerprint density at radius 1 is 1.11 bits per heavy atom. The fourth-order valence-electron chi connectivity index (χ4n) is 3.98. The van der Waals surface area contributed by atoms with Crippen LogP contribution in [0, 0.1) is 11.8 Å². The Hall–Kier alpha value is -3.82. The molecule has 10 heteroatoms. The first kappa shape index (κ1) is 25.8. The maximum Gasteiger partial charge on any atom is 0.252 e. The van der Waals surface area contributed by atoms with Crippen molar-refractivity contribution in [1.82, 2.24) is 10.3 Å². The number of carbonyl (C=O) groups is 3. The summed E-state index contributed by atoms with van der Waals surface area (Å²) in [6.07, 6.45) is 3.21. The van der Waals surface area contributed by atoms with Crippen LogP contribution in [0.25, 0.3) is 0 Å². The number of rotatable bonds is 9. The molecule has 1 fully saturated rings. The monoisotopic (exact) mass is 483 g/mol. The van der Waals surface area contributed by atoms with Crippen LogP contribution in [0.2, 0.25) is 0 Å². The number of piperidine rings is 1. The molecule has 3 rings (SSSR count). The summed E-state index contributed by atoms with van der Waals surface area (Å²) in [5, 5.41) is 5.62. The first-order valence-corrected chi connectivity index (χ1v) is 11.6. The Balaban J connectivity index is 1.67. The fourth-order valence-corrected chi connectivity index (χ4v) is 3.98. The lowest BCUT2D eigenvalue weighted by atomic mass is 9.97. The summed E-state index contributed by atoms with van der Waals surface area (Å²) in [5.41, 5.74) is 6.29. The van der Waals surface area contributed by atoms with E-state index in [9.17, 15) is 14.4 Å². The average Bonchev–Trinajstić information content (AvgIpc) is 2.86. The zero-order valence-corrected chi connectivity index (χ0v) is 20.5. The van der Waals surface area contributed by atoms with Crippen molar-refractivity contribution in [2.45, 2.75) is 32.7 Å². The van der Waals surface area contributed by atoms with Crippen molar-refractivity contribution in [2.75, 3.05) is 37.5 Å². The number of nitrogens with two attached hydrogens (primary N) is 1. The topological polar surface area (TPSA) is 136 Å². The Kier molecular flexibility index (Phi) is 8.51. The molecule has 1 aromatic heterocycles.